The summed E-state index contributed by atoms with van der Waals surface area (Å²) in [7, 11) is 2.11. The molecule has 3 rings (SSSR count). The van der Waals surface area contributed by atoms with Crippen molar-refractivity contribution in [1.82, 2.24) is 4.90 Å². The maximum Gasteiger partial charge on any atom is 0.312 e. The first-order chi connectivity index (χ1) is 11.8. The van der Waals surface area contributed by atoms with Gasteiger partial charge in [-0.1, -0.05) is 45.0 Å². The molecule has 0 fully saturated rings. The molecule has 0 saturated carbocycles. The molecule has 2 unspecified atom stereocenters. The van der Waals surface area contributed by atoms with Crippen molar-refractivity contribution < 1.29 is 9.90 Å². The molecule has 0 spiro atoms. The van der Waals surface area contributed by atoms with Crippen LogP contribution in [0.25, 0.3) is 0 Å². The van der Waals surface area contributed by atoms with Gasteiger partial charge in [-0.25, -0.2) is 0 Å². The molecule has 0 bridgehead atoms. The molecular formula is C21H29NO2S. The van der Waals surface area contributed by atoms with Gasteiger partial charge in [0.2, 0.25) is 0 Å². The third-order valence-electron chi connectivity index (χ3n) is 5.57. The predicted molar refractivity (Wildman–Crippen MR) is 105 cm³/mol. The lowest BCUT2D eigenvalue weighted by Gasteiger charge is -2.31. The Hall–Kier alpha value is -1.26. The molecule has 25 heavy (non-hydrogen) atoms. The number of aliphatic carboxylic acids is 1. The first kappa shape index (κ1) is 18.5. The van der Waals surface area contributed by atoms with Gasteiger partial charge in [0.05, 0.1) is 11.2 Å². The monoisotopic (exact) mass is 359 g/mol. The van der Waals surface area contributed by atoms with Crippen molar-refractivity contribution in [2.24, 2.45) is 11.3 Å². The van der Waals surface area contributed by atoms with Crippen LogP contribution in [0.2, 0.25) is 0 Å². The summed E-state index contributed by atoms with van der Waals surface area (Å²) in [5.41, 5.74) is 3.83. The minimum absolute atomic E-state index is 0.0226. The molecule has 1 heterocycles. The van der Waals surface area contributed by atoms with Crippen molar-refractivity contribution in [3.63, 3.8) is 0 Å². The molecule has 1 aromatic rings. The lowest BCUT2D eigenvalue weighted by atomic mass is 9.73. The summed E-state index contributed by atoms with van der Waals surface area (Å²) in [6, 6.07) is 8.58. The van der Waals surface area contributed by atoms with Gasteiger partial charge in [0.15, 0.2) is 0 Å². The summed E-state index contributed by atoms with van der Waals surface area (Å²) in [6.45, 7) is 8.62. The number of nitrogens with zero attached hydrogens (tertiary/aromatic N) is 1. The van der Waals surface area contributed by atoms with E-state index in [1.54, 1.807) is 11.8 Å². The molecule has 136 valence electrons. The zero-order valence-electron chi connectivity index (χ0n) is 15.7. The van der Waals surface area contributed by atoms with Crippen LogP contribution in [0.3, 0.4) is 0 Å². The third kappa shape index (κ3) is 3.95. The van der Waals surface area contributed by atoms with Gasteiger partial charge in [0.25, 0.3) is 0 Å². The van der Waals surface area contributed by atoms with E-state index < -0.39 is 5.97 Å². The van der Waals surface area contributed by atoms with Crippen LogP contribution < -0.4 is 0 Å². The molecule has 0 amide bonds. The van der Waals surface area contributed by atoms with Gasteiger partial charge in [-0.05, 0) is 59.9 Å². The third-order valence-corrected chi connectivity index (χ3v) is 7.12. The molecule has 2 atom stereocenters. The van der Waals surface area contributed by atoms with E-state index in [1.807, 2.05) is 0 Å². The largest absolute Gasteiger partial charge is 0.481 e. The van der Waals surface area contributed by atoms with Crippen LogP contribution in [0, 0.1) is 11.3 Å². The van der Waals surface area contributed by atoms with Gasteiger partial charge in [-0.15, -0.1) is 11.8 Å². The Morgan fingerprint density at radius 2 is 2.00 bits per heavy atom. The molecule has 0 radical (unpaired) electrons. The number of hydrogen-bond acceptors (Lipinski definition) is 3. The lowest BCUT2D eigenvalue weighted by molar-refractivity contribution is -0.140. The van der Waals surface area contributed by atoms with Gasteiger partial charge < -0.3 is 10.0 Å². The second-order valence-electron chi connectivity index (χ2n) is 8.22. The molecule has 1 N–H and O–H groups in total. The summed E-state index contributed by atoms with van der Waals surface area (Å²) in [5, 5.41) is 9.93. The molecule has 2 aliphatic rings. The van der Waals surface area contributed by atoms with Crippen LogP contribution in [0.1, 0.15) is 56.4 Å². The van der Waals surface area contributed by atoms with Crippen molar-refractivity contribution >= 4 is 17.7 Å². The summed E-state index contributed by atoms with van der Waals surface area (Å²) in [4.78, 5) is 15.7. The maximum absolute atomic E-state index is 12.0. The summed E-state index contributed by atoms with van der Waals surface area (Å²) in [5.74, 6) is -1.04. The Morgan fingerprint density at radius 1 is 1.32 bits per heavy atom. The minimum Gasteiger partial charge on any atom is -0.481 e. The lowest BCUT2D eigenvalue weighted by Crippen LogP contribution is -2.24. The second kappa shape index (κ2) is 7.16. The highest BCUT2D eigenvalue weighted by molar-refractivity contribution is 8.03. The molecule has 1 aliphatic heterocycles. The fourth-order valence-electron chi connectivity index (χ4n) is 3.91. The number of rotatable bonds is 5. The van der Waals surface area contributed by atoms with Gasteiger partial charge >= 0.3 is 5.97 Å². The zero-order chi connectivity index (χ0) is 18.2. The second-order valence-corrected chi connectivity index (χ2v) is 9.45. The standard InChI is InChI=1S/C21H29NO2S/c1-5-22(4)13-14-6-8-15(9-7-14)19-18(20(23)24)16-12-21(2,3)11-10-17(16)25-19/h6-9,18-19H,5,10-13H2,1-4H3,(H,23,24). The highest BCUT2D eigenvalue weighted by Crippen LogP contribution is 2.58. The predicted octanol–water partition coefficient (Wildman–Crippen LogP) is 5.09. The molecule has 1 aliphatic carbocycles. The van der Waals surface area contributed by atoms with Crippen LogP contribution in [-0.2, 0) is 11.3 Å². The number of hydrogen-bond donors (Lipinski definition) is 1. The summed E-state index contributed by atoms with van der Waals surface area (Å²) in [6.07, 6.45) is 3.11. The molecular weight excluding hydrogens is 330 g/mol. The van der Waals surface area contributed by atoms with E-state index >= 15 is 0 Å². The van der Waals surface area contributed by atoms with E-state index in [2.05, 4.69) is 57.0 Å². The number of thioether (sulfide) groups is 1. The quantitative estimate of drug-likeness (QED) is 0.795. The number of benzene rings is 1. The van der Waals surface area contributed by atoms with Crippen LogP contribution in [-0.4, -0.2) is 29.6 Å². The highest BCUT2D eigenvalue weighted by Gasteiger charge is 2.44. The van der Waals surface area contributed by atoms with Gasteiger partial charge in [0, 0.05) is 6.54 Å². The Balaban J connectivity index is 1.82. The molecule has 0 saturated heterocycles. The fraction of sp³-hybridized carbons (Fsp3) is 0.571. The number of carboxylic acids is 1. The average Bonchev–Trinajstić information content (AvgIpc) is 2.92. The molecule has 0 aromatic heterocycles. The zero-order valence-corrected chi connectivity index (χ0v) is 16.5. The first-order valence-electron chi connectivity index (χ1n) is 9.19. The van der Waals surface area contributed by atoms with E-state index in [0.717, 1.165) is 37.9 Å². The van der Waals surface area contributed by atoms with Crippen LogP contribution >= 0.6 is 11.8 Å². The van der Waals surface area contributed by atoms with Crippen LogP contribution in [0.5, 0.6) is 0 Å². The van der Waals surface area contributed by atoms with Crippen molar-refractivity contribution in [1.29, 1.82) is 0 Å². The smallest absolute Gasteiger partial charge is 0.312 e. The Labute approximate surface area is 155 Å². The Morgan fingerprint density at radius 3 is 2.60 bits per heavy atom. The van der Waals surface area contributed by atoms with Crippen molar-refractivity contribution in [2.45, 2.75) is 51.8 Å². The van der Waals surface area contributed by atoms with E-state index in [9.17, 15) is 9.90 Å². The molecule has 1 aromatic carbocycles. The minimum atomic E-state index is -0.671. The highest BCUT2D eigenvalue weighted by atomic mass is 32.2. The van der Waals surface area contributed by atoms with E-state index in [4.69, 9.17) is 0 Å². The van der Waals surface area contributed by atoms with E-state index in [-0.39, 0.29) is 16.6 Å². The fourth-order valence-corrected chi connectivity index (χ4v) is 5.50. The number of carbonyl (C=O) groups is 1. The van der Waals surface area contributed by atoms with Gasteiger partial charge in [-0.3, -0.25) is 4.79 Å². The first-order valence-corrected chi connectivity index (χ1v) is 10.1. The normalized spacial score (nSPS) is 25.3. The molecule has 4 heteroatoms. The van der Waals surface area contributed by atoms with Gasteiger partial charge in [-0.2, -0.15) is 0 Å². The van der Waals surface area contributed by atoms with Crippen LogP contribution in [0.15, 0.2) is 34.7 Å². The summed E-state index contributed by atoms with van der Waals surface area (Å²) >= 11 is 1.80. The average molecular weight is 360 g/mol. The van der Waals surface area contributed by atoms with Crippen LogP contribution in [0.4, 0.5) is 0 Å². The Bertz CT molecular complexity index is 678. The Kier molecular flexibility index (Phi) is 5.31. The van der Waals surface area contributed by atoms with Crippen molar-refractivity contribution in [3.05, 3.63) is 45.9 Å². The maximum atomic E-state index is 12.0. The number of allylic oxidation sites excluding steroid dienone is 1. The van der Waals surface area contributed by atoms with Crippen molar-refractivity contribution in [3.8, 4) is 0 Å². The molecule has 3 nitrogen and oxygen atoms in total. The summed E-state index contributed by atoms with van der Waals surface area (Å²) < 4.78 is 0. The van der Waals surface area contributed by atoms with Gasteiger partial charge in [0.1, 0.15) is 0 Å². The van der Waals surface area contributed by atoms with E-state index in [0.29, 0.717) is 0 Å². The number of carboxylic acid groups (broad SMARTS) is 1. The van der Waals surface area contributed by atoms with E-state index in [1.165, 1.54) is 16.0 Å². The SMILES string of the molecule is CCN(C)Cc1ccc(C2SC3=C(CC(C)(C)CC3)C2C(=O)O)cc1. The van der Waals surface area contributed by atoms with Crippen molar-refractivity contribution in [2.75, 3.05) is 13.6 Å². The topological polar surface area (TPSA) is 40.5 Å².